The Bertz CT molecular complexity index is 586. The van der Waals surface area contributed by atoms with E-state index in [9.17, 15) is 18.3 Å². The van der Waals surface area contributed by atoms with Crippen LogP contribution in [0.4, 0.5) is 0 Å². The number of carbonyl (C=O) groups is 1. The lowest BCUT2D eigenvalue weighted by Gasteiger charge is -2.20. The summed E-state index contributed by atoms with van der Waals surface area (Å²) < 4.78 is 26.2. The third-order valence-corrected chi connectivity index (χ3v) is 5.36. The van der Waals surface area contributed by atoms with Crippen molar-refractivity contribution >= 4 is 31.9 Å². The second kappa shape index (κ2) is 5.20. The molecule has 8 heteroatoms. The van der Waals surface area contributed by atoms with Gasteiger partial charge in [-0.25, -0.2) is 8.42 Å². The van der Waals surface area contributed by atoms with Crippen molar-refractivity contribution in [3.8, 4) is 0 Å². The van der Waals surface area contributed by atoms with Gasteiger partial charge in [0.05, 0.1) is 11.0 Å². The highest BCUT2D eigenvalue weighted by Gasteiger charge is 2.43. The smallest absolute Gasteiger partial charge is 0.322 e. The first-order valence-electron chi connectivity index (χ1n) is 5.50. The van der Waals surface area contributed by atoms with E-state index in [-0.39, 0.29) is 17.9 Å². The zero-order valence-corrected chi connectivity index (χ0v) is 12.1. The fourth-order valence-electron chi connectivity index (χ4n) is 2.02. The predicted octanol–water partition coefficient (Wildman–Crippen LogP) is 0.658. The van der Waals surface area contributed by atoms with Gasteiger partial charge >= 0.3 is 5.97 Å². The molecule has 0 bridgehead atoms. The molecule has 1 aromatic rings. The first-order chi connectivity index (χ1) is 8.82. The molecule has 6 nitrogen and oxygen atoms in total. The van der Waals surface area contributed by atoms with E-state index in [1.54, 1.807) is 12.1 Å². The number of halogens is 1. The number of hydrogen-bond acceptors (Lipinski definition) is 4. The maximum absolute atomic E-state index is 12.3. The Balaban J connectivity index is 2.38. The number of aliphatic hydroxyl groups excluding tert-OH is 1. The van der Waals surface area contributed by atoms with Crippen LogP contribution in [0.3, 0.4) is 0 Å². The molecule has 0 saturated carbocycles. The highest BCUT2D eigenvalue weighted by atomic mass is 79.9. The van der Waals surface area contributed by atoms with E-state index < -0.39 is 28.1 Å². The van der Waals surface area contributed by atoms with Gasteiger partial charge in [-0.05, 0) is 24.3 Å². The van der Waals surface area contributed by atoms with Crippen LogP contribution in [-0.4, -0.2) is 47.6 Å². The van der Waals surface area contributed by atoms with E-state index in [4.69, 9.17) is 5.11 Å². The molecule has 1 aliphatic rings. The van der Waals surface area contributed by atoms with Crippen molar-refractivity contribution in [3.63, 3.8) is 0 Å². The molecule has 0 aliphatic carbocycles. The van der Waals surface area contributed by atoms with Crippen molar-refractivity contribution in [3.05, 3.63) is 28.7 Å². The summed E-state index contributed by atoms with van der Waals surface area (Å²) in [6.45, 7) is -0.199. The first kappa shape index (κ1) is 14.4. The van der Waals surface area contributed by atoms with Crippen molar-refractivity contribution in [2.24, 2.45) is 0 Å². The van der Waals surface area contributed by atoms with Crippen LogP contribution in [0.25, 0.3) is 0 Å². The molecule has 0 spiro atoms. The highest BCUT2D eigenvalue weighted by Crippen LogP contribution is 2.27. The van der Waals surface area contributed by atoms with Gasteiger partial charge in [-0.2, -0.15) is 4.31 Å². The molecule has 2 atom stereocenters. The van der Waals surface area contributed by atoms with Gasteiger partial charge in [0.1, 0.15) is 6.04 Å². The van der Waals surface area contributed by atoms with Crippen LogP contribution >= 0.6 is 15.9 Å². The van der Waals surface area contributed by atoms with E-state index in [1.807, 2.05) is 0 Å². The van der Waals surface area contributed by atoms with E-state index in [0.717, 1.165) is 8.78 Å². The molecule has 1 fully saturated rings. The third kappa shape index (κ3) is 2.81. The number of carboxylic acid groups (broad SMARTS) is 1. The summed E-state index contributed by atoms with van der Waals surface area (Å²) in [5, 5.41) is 18.5. The van der Waals surface area contributed by atoms with Crippen LogP contribution in [0.1, 0.15) is 6.42 Å². The van der Waals surface area contributed by atoms with E-state index in [1.165, 1.54) is 12.1 Å². The van der Waals surface area contributed by atoms with Gasteiger partial charge in [-0.15, -0.1) is 0 Å². The summed E-state index contributed by atoms with van der Waals surface area (Å²) in [5.41, 5.74) is 0. The fourth-order valence-corrected chi connectivity index (χ4v) is 3.91. The summed E-state index contributed by atoms with van der Waals surface area (Å²) >= 11 is 3.20. The second-order valence-electron chi connectivity index (χ2n) is 4.27. The Morgan fingerprint density at radius 3 is 2.42 bits per heavy atom. The molecule has 1 aromatic carbocycles. The van der Waals surface area contributed by atoms with Crippen molar-refractivity contribution in [1.82, 2.24) is 4.31 Å². The van der Waals surface area contributed by atoms with Crippen molar-refractivity contribution in [1.29, 1.82) is 0 Å². The van der Waals surface area contributed by atoms with Crippen LogP contribution in [-0.2, 0) is 14.8 Å². The van der Waals surface area contributed by atoms with Crippen molar-refractivity contribution in [2.45, 2.75) is 23.5 Å². The zero-order chi connectivity index (χ0) is 14.2. The minimum absolute atomic E-state index is 0.0102. The number of sulfonamides is 1. The summed E-state index contributed by atoms with van der Waals surface area (Å²) in [7, 11) is -3.91. The molecule has 0 amide bonds. The Kier molecular flexibility index (Phi) is 3.95. The number of carboxylic acids is 1. The first-order valence-corrected chi connectivity index (χ1v) is 7.74. The average Bonchev–Trinajstić information content (AvgIpc) is 2.73. The molecule has 1 aliphatic heterocycles. The molecule has 2 N–H and O–H groups in total. The Hall–Kier alpha value is -0.960. The molecule has 0 unspecified atom stereocenters. The van der Waals surface area contributed by atoms with Crippen LogP contribution in [0.2, 0.25) is 0 Å². The van der Waals surface area contributed by atoms with Crippen molar-refractivity contribution < 1.29 is 23.4 Å². The Morgan fingerprint density at radius 2 is 1.89 bits per heavy atom. The van der Waals surface area contributed by atoms with Gasteiger partial charge in [0.2, 0.25) is 10.0 Å². The second-order valence-corrected chi connectivity index (χ2v) is 7.08. The zero-order valence-electron chi connectivity index (χ0n) is 9.73. The van der Waals surface area contributed by atoms with Crippen LogP contribution in [0.5, 0.6) is 0 Å². The fraction of sp³-hybridized carbons (Fsp3) is 0.364. The normalized spacial score (nSPS) is 24.5. The molecule has 104 valence electrons. The van der Waals surface area contributed by atoms with Gasteiger partial charge in [0, 0.05) is 17.4 Å². The van der Waals surface area contributed by atoms with Gasteiger partial charge in [-0.1, -0.05) is 15.9 Å². The summed E-state index contributed by atoms with van der Waals surface area (Å²) in [5.74, 6) is -1.25. The van der Waals surface area contributed by atoms with Gasteiger partial charge in [-0.3, -0.25) is 4.79 Å². The van der Waals surface area contributed by atoms with Crippen LogP contribution in [0, 0.1) is 0 Å². The maximum atomic E-state index is 12.3. The molecule has 0 aromatic heterocycles. The molecule has 1 saturated heterocycles. The lowest BCUT2D eigenvalue weighted by atomic mass is 10.2. The van der Waals surface area contributed by atoms with Crippen molar-refractivity contribution in [2.75, 3.05) is 6.54 Å². The standard InChI is InChI=1S/C11H12BrNO5S/c12-7-1-3-9(4-2-7)19(17,18)13-6-8(14)5-10(13)11(15)16/h1-4,8,10,14H,5-6H2,(H,15,16)/t8-,10+/m1/s1. The van der Waals surface area contributed by atoms with E-state index in [0.29, 0.717) is 0 Å². The van der Waals surface area contributed by atoms with E-state index >= 15 is 0 Å². The highest BCUT2D eigenvalue weighted by molar-refractivity contribution is 9.10. The molecule has 1 heterocycles. The quantitative estimate of drug-likeness (QED) is 0.835. The molecular weight excluding hydrogens is 338 g/mol. The summed E-state index contributed by atoms with van der Waals surface area (Å²) in [6, 6.07) is 4.69. The lowest BCUT2D eigenvalue weighted by molar-refractivity contribution is -0.140. The third-order valence-electron chi connectivity index (χ3n) is 2.94. The number of hydrogen-bond donors (Lipinski definition) is 2. The number of aliphatic hydroxyl groups is 1. The molecule has 2 rings (SSSR count). The maximum Gasteiger partial charge on any atom is 0.322 e. The monoisotopic (exact) mass is 349 g/mol. The SMILES string of the molecule is O=C(O)[C@@H]1C[C@@H](O)CN1S(=O)(=O)c1ccc(Br)cc1. The largest absolute Gasteiger partial charge is 0.480 e. The number of rotatable bonds is 3. The van der Waals surface area contributed by atoms with Gasteiger partial charge in [0.15, 0.2) is 0 Å². The number of aliphatic carboxylic acids is 1. The number of β-amino-alcohol motifs (C(OH)–C–C–N with tert-alkyl or cyclic N) is 1. The molecular formula is C11H12BrNO5S. The van der Waals surface area contributed by atoms with Crippen LogP contribution in [0.15, 0.2) is 33.6 Å². The predicted molar refractivity (Wildman–Crippen MR) is 70.1 cm³/mol. The minimum atomic E-state index is -3.91. The number of benzene rings is 1. The van der Waals surface area contributed by atoms with E-state index in [2.05, 4.69) is 15.9 Å². The Labute approximate surface area is 118 Å². The van der Waals surface area contributed by atoms with Gasteiger partial charge in [0.25, 0.3) is 0 Å². The molecule has 0 radical (unpaired) electrons. The topological polar surface area (TPSA) is 94.9 Å². The molecule has 19 heavy (non-hydrogen) atoms. The number of nitrogens with zero attached hydrogens (tertiary/aromatic N) is 1. The minimum Gasteiger partial charge on any atom is -0.480 e. The summed E-state index contributed by atoms with van der Waals surface area (Å²) in [4.78, 5) is 11.1. The van der Waals surface area contributed by atoms with Gasteiger partial charge < -0.3 is 10.2 Å². The summed E-state index contributed by atoms with van der Waals surface area (Å²) in [6.07, 6.45) is -1.04. The Morgan fingerprint density at radius 1 is 1.32 bits per heavy atom. The lowest BCUT2D eigenvalue weighted by Crippen LogP contribution is -2.40. The average molecular weight is 350 g/mol. The van der Waals surface area contributed by atoms with Crippen LogP contribution < -0.4 is 0 Å².